The van der Waals surface area contributed by atoms with Crippen LogP contribution in [0, 0.1) is 26.2 Å². The third kappa shape index (κ3) is 3.62. The second-order valence-electron chi connectivity index (χ2n) is 7.02. The maximum atomic E-state index is 12.6. The van der Waals surface area contributed by atoms with Crippen LogP contribution in [-0.4, -0.2) is 44.8 Å². The van der Waals surface area contributed by atoms with Gasteiger partial charge < -0.3 is 10.0 Å². The predicted octanol–water partition coefficient (Wildman–Crippen LogP) is 2.69. The van der Waals surface area contributed by atoms with Gasteiger partial charge in [0, 0.05) is 31.7 Å². The van der Waals surface area contributed by atoms with E-state index in [9.17, 15) is 14.7 Å². The van der Waals surface area contributed by atoms with E-state index in [1.54, 1.807) is 4.90 Å². The second kappa shape index (κ2) is 7.36. The molecule has 6 nitrogen and oxygen atoms in total. The number of rotatable bonds is 6. The number of carbonyl (C=O) groups is 2. The van der Waals surface area contributed by atoms with Crippen LogP contribution in [0.2, 0.25) is 0 Å². The van der Waals surface area contributed by atoms with Crippen molar-refractivity contribution in [1.29, 1.82) is 0 Å². The van der Waals surface area contributed by atoms with E-state index in [0.717, 1.165) is 29.8 Å². The summed E-state index contributed by atoms with van der Waals surface area (Å²) < 4.78 is 1.88. The van der Waals surface area contributed by atoms with Crippen LogP contribution in [0.5, 0.6) is 0 Å². The van der Waals surface area contributed by atoms with E-state index >= 15 is 0 Å². The largest absolute Gasteiger partial charge is 0.481 e. The van der Waals surface area contributed by atoms with Gasteiger partial charge in [0.05, 0.1) is 11.1 Å². The molecule has 1 amide bonds. The minimum Gasteiger partial charge on any atom is -0.481 e. The van der Waals surface area contributed by atoms with Gasteiger partial charge in [-0.25, -0.2) is 0 Å². The Kier molecular flexibility index (Phi) is 5.67. The fourth-order valence-electron chi connectivity index (χ4n) is 3.67. The lowest BCUT2D eigenvalue weighted by Gasteiger charge is -2.40. The summed E-state index contributed by atoms with van der Waals surface area (Å²) in [7, 11) is 0. The average molecular weight is 335 g/mol. The van der Waals surface area contributed by atoms with Gasteiger partial charge in [-0.15, -0.1) is 0 Å². The zero-order valence-electron chi connectivity index (χ0n) is 15.3. The second-order valence-corrected chi connectivity index (χ2v) is 7.02. The molecule has 0 aromatic carbocycles. The van der Waals surface area contributed by atoms with Gasteiger partial charge >= 0.3 is 5.97 Å². The lowest BCUT2D eigenvalue weighted by molar-refractivity contribution is -0.155. The van der Waals surface area contributed by atoms with Crippen molar-refractivity contribution in [2.24, 2.45) is 5.41 Å². The summed E-state index contributed by atoms with van der Waals surface area (Å²) in [4.78, 5) is 26.1. The standard InChI is InChI=1S/C18H29N3O3/c1-5-8-18(17(23)24)9-6-10-20(12-18)16(22)7-11-21-15(4)13(2)14(3)19-21/h5-12H2,1-4H3,(H,23,24)/t18-/m0/s1. The summed E-state index contributed by atoms with van der Waals surface area (Å²) >= 11 is 0. The Labute approximate surface area is 143 Å². The molecule has 0 saturated carbocycles. The highest BCUT2D eigenvalue weighted by Crippen LogP contribution is 2.35. The average Bonchev–Trinajstić information content (AvgIpc) is 2.80. The summed E-state index contributed by atoms with van der Waals surface area (Å²) in [6, 6.07) is 0. The van der Waals surface area contributed by atoms with Crippen molar-refractivity contribution in [3.8, 4) is 0 Å². The molecule has 1 fully saturated rings. The molecule has 6 heteroatoms. The number of likely N-dealkylation sites (tertiary alicyclic amines) is 1. The van der Waals surface area contributed by atoms with Crippen LogP contribution in [0.4, 0.5) is 0 Å². The molecule has 1 atom stereocenters. The van der Waals surface area contributed by atoms with Crippen molar-refractivity contribution in [2.75, 3.05) is 13.1 Å². The van der Waals surface area contributed by atoms with Gasteiger partial charge in [-0.3, -0.25) is 14.3 Å². The number of aryl methyl sites for hydroxylation is 2. The quantitative estimate of drug-likeness (QED) is 0.867. The molecule has 0 bridgehead atoms. The highest BCUT2D eigenvalue weighted by molar-refractivity contribution is 5.79. The maximum Gasteiger partial charge on any atom is 0.311 e. The summed E-state index contributed by atoms with van der Waals surface area (Å²) in [5.74, 6) is -0.738. The van der Waals surface area contributed by atoms with Crippen LogP contribution in [0.15, 0.2) is 0 Å². The Morgan fingerprint density at radius 1 is 1.29 bits per heavy atom. The number of nitrogens with zero attached hydrogens (tertiary/aromatic N) is 3. The predicted molar refractivity (Wildman–Crippen MR) is 91.8 cm³/mol. The molecule has 24 heavy (non-hydrogen) atoms. The van der Waals surface area contributed by atoms with Gasteiger partial charge in [0.1, 0.15) is 0 Å². The van der Waals surface area contributed by atoms with Crippen molar-refractivity contribution < 1.29 is 14.7 Å². The number of carboxylic acid groups (broad SMARTS) is 1. The number of hydrogen-bond acceptors (Lipinski definition) is 3. The number of aliphatic carboxylic acids is 1. The molecule has 0 unspecified atom stereocenters. The Hall–Kier alpha value is -1.85. The zero-order valence-corrected chi connectivity index (χ0v) is 15.3. The summed E-state index contributed by atoms with van der Waals surface area (Å²) in [5, 5.41) is 14.1. The zero-order chi connectivity index (χ0) is 17.9. The molecule has 2 heterocycles. The monoisotopic (exact) mass is 335 g/mol. The summed E-state index contributed by atoms with van der Waals surface area (Å²) in [5.41, 5.74) is 2.47. The minimum absolute atomic E-state index is 0.0293. The van der Waals surface area contributed by atoms with E-state index in [-0.39, 0.29) is 5.91 Å². The third-order valence-electron chi connectivity index (χ3n) is 5.39. The van der Waals surface area contributed by atoms with E-state index in [4.69, 9.17) is 0 Å². The van der Waals surface area contributed by atoms with Crippen molar-refractivity contribution in [2.45, 2.75) is 66.3 Å². The van der Waals surface area contributed by atoms with Gasteiger partial charge in [-0.05, 0) is 45.6 Å². The van der Waals surface area contributed by atoms with E-state index < -0.39 is 11.4 Å². The number of carbonyl (C=O) groups excluding carboxylic acids is 1. The number of carboxylic acids is 1. The van der Waals surface area contributed by atoms with Crippen LogP contribution in [-0.2, 0) is 16.1 Å². The lowest BCUT2D eigenvalue weighted by Crippen LogP contribution is -2.50. The van der Waals surface area contributed by atoms with Gasteiger partial charge in [0.25, 0.3) is 0 Å². The topological polar surface area (TPSA) is 75.4 Å². The van der Waals surface area contributed by atoms with Crippen LogP contribution >= 0.6 is 0 Å². The lowest BCUT2D eigenvalue weighted by atomic mass is 9.76. The molecule has 1 saturated heterocycles. The van der Waals surface area contributed by atoms with Crippen molar-refractivity contribution >= 4 is 11.9 Å². The number of hydrogen-bond donors (Lipinski definition) is 1. The molecule has 1 aliphatic heterocycles. The Morgan fingerprint density at radius 3 is 2.54 bits per heavy atom. The molecule has 1 aromatic rings. The molecule has 2 rings (SSSR count). The van der Waals surface area contributed by atoms with Crippen LogP contribution in [0.25, 0.3) is 0 Å². The minimum atomic E-state index is -0.768. The smallest absolute Gasteiger partial charge is 0.311 e. The van der Waals surface area contributed by atoms with E-state index in [1.165, 1.54) is 0 Å². The fourth-order valence-corrected chi connectivity index (χ4v) is 3.67. The first-order valence-electron chi connectivity index (χ1n) is 8.82. The summed E-state index contributed by atoms with van der Waals surface area (Å²) in [6.07, 6.45) is 3.24. The summed E-state index contributed by atoms with van der Waals surface area (Å²) in [6.45, 7) is 9.56. The number of piperidine rings is 1. The van der Waals surface area contributed by atoms with Crippen LogP contribution in [0.1, 0.15) is 56.0 Å². The normalized spacial score (nSPS) is 21.1. The first-order chi connectivity index (χ1) is 11.3. The molecule has 134 valence electrons. The van der Waals surface area contributed by atoms with Crippen molar-refractivity contribution in [3.63, 3.8) is 0 Å². The van der Waals surface area contributed by atoms with Gasteiger partial charge in [0.2, 0.25) is 5.91 Å². The van der Waals surface area contributed by atoms with E-state index in [1.807, 2.05) is 32.4 Å². The molecule has 0 aliphatic carbocycles. The van der Waals surface area contributed by atoms with Crippen LogP contribution < -0.4 is 0 Å². The van der Waals surface area contributed by atoms with Gasteiger partial charge in [0.15, 0.2) is 0 Å². The molecule has 1 N–H and O–H groups in total. The van der Waals surface area contributed by atoms with Crippen LogP contribution in [0.3, 0.4) is 0 Å². The number of aromatic nitrogens is 2. The van der Waals surface area contributed by atoms with Crippen molar-refractivity contribution in [3.05, 3.63) is 17.0 Å². The Bertz CT molecular complexity index is 619. The Balaban J connectivity index is 2.01. The van der Waals surface area contributed by atoms with Gasteiger partial charge in [-0.2, -0.15) is 5.10 Å². The fraction of sp³-hybridized carbons (Fsp3) is 0.722. The highest BCUT2D eigenvalue weighted by atomic mass is 16.4. The van der Waals surface area contributed by atoms with E-state index in [0.29, 0.717) is 38.9 Å². The van der Waals surface area contributed by atoms with E-state index in [2.05, 4.69) is 5.10 Å². The molecular formula is C18H29N3O3. The van der Waals surface area contributed by atoms with Crippen molar-refractivity contribution in [1.82, 2.24) is 14.7 Å². The molecule has 0 spiro atoms. The molecular weight excluding hydrogens is 306 g/mol. The molecule has 1 aliphatic rings. The number of amides is 1. The molecule has 1 aromatic heterocycles. The third-order valence-corrected chi connectivity index (χ3v) is 5.39. The SMILES string of the molecule is CCC[C@]1(C(=O)O)CCCN(C(=O)CCn2nc(C)c(C)c2C)C1. The first-order valence-corrected chi connectivity index (χ1v) is 8.82. The Morgan fingerprint density at radius 2 is 2.00 bits per heavy atom. The maximum absolute atomic E-state index is 12.6. The molecule has 0 radical (unpaired) electrons. The van der Waals surface area contributed by atoms with Gasteiger partial charge in [-0.1, -0.05) is 13.3 Å². The first kappa shape index (κ1) is 18.5. The highest BCUT2D eigenvalue weighted by Gasteiger charge is 2.42.